The van der Waals surface area contributed by atoms with E-state index in [2.05, 4.69) is 15.1 Å². The topological polar surface area (TPSA) is 43.6 Å². The van der Waals surface area contributed by atoms with Crippen molar-refractivity contribution in [2.75, 3.05) is 0 Å². The Hall–Kier alpha value is -2.79. The Morgan fingerprint density at radius 1 is 0.958 bits per heavy atom. The minimum absolute atomic E-state index is 0.310. The summed E-state index contributed by atoms with van der Waals surface area (Å²) in [6.07, 6.45) is 3.29. The Kier molecular flexibility index (Phi) is 3.50. The normalized spacial score (nSPS) is 11.1. The van der Waals surface area contributed by atoms with E-state index in [1.54, 1.807) is 23.1 Å². The summed E-state index contributed by atoms with van der Waals surface area (Å²) >= 11 is 6.02. The average molecular weight is 339 g/mol. The van der Waals surface area contributed by atoms with Crippen molar-refractivity contribution in [3.8, 4) is 16.9 Å². The fourth-order valence-electron chi connectivity index (χ4n) is 2.66. The summed E-state index contributed by atoms with van der Waals surface area (Å²) in [6, 6.07) is 12.0. The van der Waals surface area contributed by atoms with Crippen LogP contribution in [0.5, 0.6) is 0 Å². The Labute approximate surface area is 142 Å². The highest BCUT2D eigenvalue weighted by molar-refractivity contribution is 6.30. The molecule has 0 radical (unpaired) electrons. The van der Waals surface area contributed by atoms with Crippen molar-refractivity contribution in [2.24, 2.45) is 0 Å². The number of rotatable bonds is 2. The van der Waals surface area contributed by atoms with Crippen LogP contribution in [0.4, 0.5) is 4.39 Å². The number of nitrogens with zero attached hydrogens (tertiary/aromatic N) is 4. The second kappa shape index (κ2) is 5.69. The number of aromatic nitrogens is 4. The summed E-state index contributed by atoms with van der Waals surface area (Å²) in [6.45, 7) is 1.86. The number of halogens is 2. The maximum atomic E-state index is 14.3. The van der Waals surface area contributed by atoms with E-state index in [-0.39, 0.29) is 5.82 Å². The van der Waals surface area contributed by atoms with Crippen LogP contribution in [0.2, 0.25) is 5.02 Å². The molecule has 0 aliphatic carbocycles. The van der Waals surface area contributed by atoms with E-state index < -0.39 is 0 Å². The molecule has 4 aromatic rings. The third kappa shape index (κ3) is 2.53. The highest BCUT2D eigenvalue weighted by Gasteiger charge is 2.14. The quantitative estimate of drug-likeness (QED) is 0.537. The van der Waals surface area contributed by atoms with Gasteiger partial charge in [0, 0.05) is 23.0 Å². The van der Waals surface area contributed by atoms with Gasteiger partial charge < -0.3 is 0 Å². The molecule has 0 aliphatic rings. The van der Waals surface area contributed by atoms with Crippen molar-refractivity contribution in [3.63, 3.8) is 0 Å². The first kappa shape index (κ1) is 14.8. The molecule has 118 valence electrons. The van der Waals surface area contributed by atoms with Crippen molar-refractivity contribution < 1.29 is 4.39 Å². The van der Waals surface area contributed by atoms with Gasteiger partial charge in [0.05, 0.1) is 22.4 Å². The van der Waals surface area contributed by atoms with Gasteiger partial charge in [-0.1, -0.05) is 17.7 Å². The Morgan fingerprint density at radius 3 is 2.58 bits per heavy atom. The summed E-state index contributed by atoms with van der Waals surface area (Å²) in [5.41, 5.74) is 4.31. The van der Waals surface area contributed by atoms with E-state index in [0.29, 0.717) is 10.7 Å². The highest BCUT2D eigenvalue weighted by Crippen LogP contribution is 2.28. The van der Waals surface area contributed by atoms with Crippen molar-refractivity contribution >= 4 is 22.6 Å². The first-order chi connectivity index (χ1) is 11.6. The van der Waals surface area contributed by atoms with Gasteiger partial charge in [0.2, 0.25) is 0 Å². The first-order valence-corrected chi connectivity index (χ1v) is 7.73. The lowest BCUT2D eigenvalue weighted by Crippen LogP contribution is -2.02. The van der Waals surface area contributed by atoms with Crippen molar-refractivity contribution in [3.05, 3.63) is 71.4 Å². The molecule has 0 unspecified atom stereocenters. The van der Waals surface area contributed by atoms with Crippen LogP contribution in [-0.2, 0) is 0 Å². The monoisotopic (exact) mass is 338 g/mol. The molecule has 0 amide bonds. The van der Waals surface area contributed by atoms with Gasteiger partial charge in [0.25, 0.3) is 0 Å². The van der Waals surface area contributed by atoms with Crippen LogP contribution in [0, 0.1) is 12.7 Å². The molecule has 0 spiro atoms. The van der Waals surface area contributed by atoms with Gasteiger partial charge in [-0.15, -0.1) is 0 Å². The lowest BCUT2D eigenvalue weighted by Gasteiger charge is -2.09. The summed E-state index contributed by atoms with van der Waals surface area (Å²) in [5.74, 6) is -0.385. The van der Waals surface area contributed by atoms with Gasteiger partial charge in [-0.05, 0) is 43.3 Å². The molecule has 0 fully saturated rings. The van der Waals surface area contributed by atoms with Crippen LogP contribution in [0.1, 0.15) is 5.69 Å². The lowest BCUT2D eigenvalue weighted by atomic mass is 10.1. The number of benzene rings is 2. The third-order valence-corrected chi connectivity index (χ3v) is 3.97. The van der Waals surface area contributed by atoms with E-state index in [9.17, 15) is 4.39 Å². The molecular weight excluding hydrogens is 327 g/mol. The zero-order valence-electron chi connectivity index (χ0n) is 12.7. The zero-order valence-corrected chi connectivity index (χ0v) is 13.5. The third-order valence-electron chi connectivity index (χ3n) is 3.73. The smallest absolute Gasteiger partial charge is 0.148 e. The van der Waals surface area contributed by atoms with Gasteiger partial charge in [-0.3, -0.25) is 9.97 Å². The summed E-state index contributed by atoms with van der Waals surface area (Å²) in [4.78, 5) is 8.59. The van der Waals surface area contributed by atoms with Gasteiger partial charge in [-0.25, -0.2) is 9.07 Å². The maximum Gasteiger partial charge on any atom is 0.148 e. The molecule has 0 bridgehead atoms. The van der Waals surface area contributed by atoms with Gasteiger partial charge in [-0.2, -0.15) is 5.10 Å². The average Bonchev–Trinajstić information content (AvgIpc) is 2.98. The molecular formula is C18H12ClFN4. The van der Waals surface area contributed by atoms with Crippen molar-refractivity contribution in [1.82, 2.24) is 19.7 Å². The Bertz CT molecular complexity index is 1060. The molecule has 2 aromatic heterocycles. The molecule has 0 saturated heterocycles. The molecule has 2 heterocycles. The lowest BCUT2D eigenvalue weighted by molar-refractivity contribution is 0.611. The van der Waals surface area contributed by atoms with Crippen LogP contribution in [0.15, 0.2) is 54.9 Å². The minimum atomic E-state index is -0.385. The molecule has 2 aromatic carbocycles. The van der Waals surface area contributed by atoms with Crippen LogP contribution in [-0.4, -0.2) is 19.7 Å². The fourth-order valence-corrected chi connectivity index (χ4v) is 2.83. The predicted molar refractivity (Wildman–Crippen MR) is 91.8 cm³/mol. The summed E-state index contributed by atoms with van der Waals surface area (Å²) in [7, 11) is 0. The molecule has 0 atom stereocenters. The van der Waals surface area contributed by atoms with Crippen LogP contribution >= 0.6 is 11.6 Å². The van der Waals surface area contributed by atoms with E-state index in [1.807, 2.05) is 31.2 Å². The van der Waals surface area contributed by atoms with Crippen LogP contribution < -0.4 is 0 Å². The molecule has 4 rings (SSSR count). The molecule has 0 N–H and O–H groups in total. The molecule has 24 heavy (non-hydrogen) atoms. The maximum absolute atomic E-state index is 14.3. The van der Waals surface area contributed by atoms with E-state index >= 15 is 0 Å². The predicted octanol–water partition coefficient (Wildman–Crippen LogP) is 4.58. The highest BCUT2D eigenvalue weighted by atomic mass is 35.5. The number of aryl methyl sites for hydroxylation is 1. The second-order valence-electron chi connectivity index (χ2n) is 5.44. The molecule has 4 nitrogen and oxygen atoms in total. The largest absolute Gasteiger partial charge is 0.253 e. The summed E-state index contributed by atoms with van der Waals surface area (Å²) < 4.78 is 15.8. The van der Waals surface area contributed by atoms with Crippen LogP contribution in [0.25, 0.3) is 28.0 Å². The van der Waals surface area contributed by atoms with E-state index in [0.717, 1.165) is 28.0 Å². The Morgan fingerprint density at radius 2 is 1.75 bits per heavy atom. The SMILES string of the molecule is Cc1cc(-c2ccc3nccnc3c2)n(-c2cc(Cl)ccc2F)n1. The van der Waals surface area contributed by atoms with Gasteiger partial charge >= 0.3 is 0 Å². The minimum Gasteiger partial charge on any atom is -0.253 e. The first-order valence-electron chi connectivity index (χ1n) is 7.35. The zero-order chi connectivity index (χ0) is 16.7. The van der Waals surface area contributed by atoms with Crippen molar-refractivity contribution in [2.45, 2.75) is 6.92 Å². The number of hydrogen-bond acceptors (Lipinski definition) is 3. The molecule has 0 saturated carbocycles. The van der Waals surface area contributed by atoms with Gasteiger partial charge in [0.1, 0.15) is 11.5 Å². The fraction of sp³-hybridized carbons (Fsp3) is 0.0556. The number of hydrogen-bond donors (Lipinski definition) is 0. The van der Waals surface area contributed by atoms with Crippen molar-refractivity contribution in [1.29, 1.82) is 0 Å². The van der Waals surface area contributed by atoms with E-state index in [1.165, 1.54) is 12.1 Å². The Balaban J connectivity index is 1.94. The van der Waals surface area contributed by atoms with E-state index in [4.69, 9.17) is 11.6 Å². The number of fused-ring (bicyclic) bond motifs is 1. The van der Waals surface area contributed by atoms with Gasteiger partial charge in [0.15, 0.2) is 0 Å². The van der Waals surface area contributed by atoms with Crippen LogP contribution in [0.3, 0.4) is 0 Å². The molecule has 6 heteroatoms. The standard InChI is InChI=1S/C18H12ClFN4/c1-11-8-17(12-2-5-15-16(9-12)22-7-6-21-15)24(23-11)18-10-13(19)3-4-14(18)20/h2-10H,1H3. The summed E-state index contributed by atoms with van der Waals surface area (Å²) in [5, 5.41) is 4.87. The second-order valence-corrected chi connectivity index (χ2v) is 5.87. The molecule has 0 aliphatic heterocycles.